The maximum atomic E-state index is 12.2. The lowest BCUT2D eigenvalue weighted by atomic mass is 9.91. The van der Waals surface area contributed by atoms with Crippen LogP contribution in [0.1, 0.15) is 13.3 Å². The monoisotopic (exact) mass is 227 g/mol. The van der Waals surface area contributed by atoms with Gasteiger partial charge in [0.15, 0.2) is 0 Å². The van der Waals surface area contributed by atoms with Gasteiger partial charge in [-0.15, -0.1) is 0 Å². The summed E-state index contributed by atoms with van der Waals surface area (Å²) in [7, 11) is 0. The Bertz CT molecular complexity index is 314. The fourth-order valence-electron chi connectivity index (χ4n) is 1.19. The van der Waals surface area contributed by atoms with Gasteiger partial charge >= 0.3 is 12.4 Å². The molecule has 0 N–H and O–H groups in total. The highest BCUT2D eigenvalue weighted by molar-refractivity contribution is 5.42. The zero-order valence-electron chi connectivity index (χ0n) is 7.47. The van der Waals surface area contributed by atoms with Gasteiger partial charge in [0.05, 0.1) is 5.57 Å². The van der Waals surface area contributed by atoms with Crippen LogP contribution >= 0.6 is 0 Å². The second-order valence-corrected chi connectivity index (χ2v) is 2.95. The summed E-state index contributed by atoms with van der Waals surface area (Å²) in [4.78, 5) is 0. The molecule has 1 aliphatic carbocycles. The predicted molar refractivity (Wildman–Crippen MR) is 39.4 cm³/mol. The summed E-state index contributed by atoms with van der Waals surface area (Å²) in [5.74, 6) is 0. The summed E-state index contributed by atoms with van der Waals surface area (Å²) in [6.45, 7) is 0.791. The second kappa shape index (κ2) is 3.57. The van der Waals surface area contributed by atoms with Gasteiger partial charge in [-0.2, -0.15) is 26.3 Å². The lowest BCUT2D eigenvalue weighted by molar-refractivity contribution is -0.0996. The van der Waals surface area contributed by atoms with Crippen LogP contribution in [0.5, 0.6) is 0 Å². The first-order valence-corrected chi connectivity index (χ1v) is 3.84. The van der Waals surface area contributed by atoms with Crippen LogP contribution in [0.25, 0.3) is 0 Å². The smallest absolute Gasteiger partial charge is 0.166 e. The van der Waals surface area contributed by atoms with E-state index >= 15 is 0 Å². The van der Waals surface area contributed by atoms with E-state index < -0.39 is 35.5 Å². The second-order valence-electron chi connectivity index (χ2n) is 2.95. The molecule has 0 spiro atoms. The van der Waals surface area contributed by atoms with Gasteiger partial charge in [-0.3, -0.25) is 0 Å². The Hall–Kier alpha value is -0.940. The van der Waals surface area contributed by atoms with Gasteiger partial charge in [0.2, 0.25) is 0 Å². The lowest BCUT2D eigenvalue weighted by Crippen LogP contribution is -2.22. The Balaban J connectivity index is 3.16. The van der Waals surface area contributed by atoms with Crippen molar-refractivity contribution in [2.45, 2.75) is 25.7 Å². The first kappa shape index (κ1) is 12.1. The van der Waals surface area contributed by atoms with Gasteiger partial charge in [-0.1, -0.05) is 0 Å². The Morgan fingerprint density at radius 3 is 1.93 bits per heavy atom. The molecule has 0 amide bonds. The molecular formula is C9H5F6. The summed E-state index contributed by atoms with van der Waals surface area (Å²) in [5, 5.41) is 0. The van der Waals surface area contributed by atoms with Crippen LogP contribution < -0.4 is 0 Å². The highest BCUT2D eigenvalue weighted by Crippen LogP contribution is 2.41. The molecule has 0 fully saturated rings. The number of hydrogen-bond acceptors (Lipinski definition) is 0. The van der Waals surface area contributed by atoms with Crippen molar-refractivity contribution < 1.29 is 26.3 Å². The van der Waals surface area contributed by atoms with Gasteiger partial charge in [0.1, 0.15) is 0 Å². The number of alkyl halides is 6. The van der Waals surface area contributed by atoms with Crippen molar-refractivity contribution in [3.05, 3.63) is 29.2 Å². The third-order valence-electron chi connectivity index (χ3n) is 1.93. The fourth-order valence-corrected chi connectivity index (χ4v) is 1.19. The van der Waals surface area contributed by atoms with E-state index in [0.29, 0.717) is 0 Å². The predicted octanol–water partition coefficient (Wildman–Crippen LogP) is 3.64. The summed E-state index contributed by atoms with van der Waals surface area (Å²) in [5.41, 5.74) is -3.44. The quantitative estimate of drug-likeness (QED) is 0.554. The van der Waals surface area contributed by atoms with Gasteiger partial charge in [0, 0.05) is 12.0 Å². The molecule has 83 valence electrons. The molecule has 0 unspecified atom stereocenters. The van der Waals surface area contributed by atoms with Crippen LogP contribution in [-0.2, 0) is 0 Å². The van der Waals surface area contributed by atoms with E-state index in [2.05, 4.69) is 0 Å². The van der Waals surface area contributed by atoms with Crippen molar-refractivity contribution in [2.75, 3.05) is 0 Å². The zero-order chi connectivity index (χ0) is 11.9. The summed E-state index contributed by atoms with van der Waals surface area (Å²) < 4.78 is 73.4. The Kier molecular flexibility index (Phi) is 2.89. The molecule has 1 rings (SSSR count). The van der Waals surface area contributed by atoms with E-state index in [1.807, 2.05) is 6.42 Å². The first-order chi connectivity index (χ1) is 6.64. The molecule has 0 aromatic heterocycles. The van der Waals surface area contributed by atoms with Gasteiger partial charge in [-0.05, 0) is 25.0 Å². The highest BCUT2D eigenvalue weighted by atomic mass is 19.4. The molecule has 15 heavy (non-hydrogen) atoms. The van der Waals surface area contributed by atoms with Crippen molar-refractivity contribution in [2.24, 2.45) is 0 Å². The minimum Gasteiger partial charge on any atom is -0.166 e. The Morgan fingerprint density at radius 2 is 1.53 bits per heavy atom. The minimum atomic E-state index is -4.83. The van der Waals surface area contributed by atoms with E-state index in [0.717, 1.165) is 6.92 Å². The summed E-state index contributed by atoms with van der Waals surface area (Å²) >= 11 is 0. The molecule has 0 bridgehead atoms. The van der Waals surface area contributed by atoms with Crippen LogP contribution in [0.4, 0.5) is 26.3 Å². The van der Waals surface area contributed by atoms with Crippen LogP contribution in [0.15, 0.2) is 16.7 Å². The van der Waals surface area contributed by atoms with Crippen LogP contribution in [0.2, 0.25) is 0 Å². The van der Waals surface area contributed by atoms with Crippen LogP contribution in [0.3, 0.4) is 0 Å². The number of rotatable bonds is 0. The van der Waals surface area contributed by atoms with E-state index in [1.54, 1.807) is 6.08 Å². The standard InChI is InChI=1S/C9H5F6/c1-5-6(8(10,11)12)3-2-4-7(5)9(13,14)15/h3H2,1H3. The molecule has 6 heteroatoms. The minimum absolute atomic E-state index is 0.686. The van der Waals surface area contributed by atoms with Crippen LogP contribution in [-0.4, -0.2) is 12.4 Å². The zero-order valence-corrected chi connectivity index (χ0v) is 7.47. The molecule has 0 saturated heterocycles. The first-order valence-electron chi connectivity index (χ1n) is 3.84. The molecule has 0 heterocycles. The number of hydrogen-bond donors (Lipinski definition) is 0. The average Bonchev–Trinajstić information content (AvgIpc) is 1.99. The molecule has 0 atom stereocenters. The van der Waals surface area contributed by atoms with E-state index in [-0.39, 0.29) is 0 Å². The third-order valence-corrected chi connectivity index (χ3v) is 1.93. The van der Waals surface area contributed by atoms with Crippen molar-refractivity contribution >= 4 is 0 Å². The average molecular weight is 227 g/mol. The molecule has 0 nitrogen and oxygen atoms in total. The van der Waals surface area contributed by atoms with Crippen molar-refractivity contribution in [3.8, 4) is 0 Å². The van der Waals surface area contributed by atoms with E-state index in [1.165, 1.54) is 0 Å². The third kappa shape index (κ3) is 2.54. The summed E-state index contributed by atoms with van der Waals surface area (Å²) in [6, 6.07) is 0. The van der Waals surface area contributed by atoms with Crippen LogP contribution in [0, 0.1) is 12.5 Å². The van der Waals surface area contributed by atoms with Crippen molar-refractivity contribution in [1.82, 2.24) is 0 Å². The summed E-state index contributed by atoms with van der Waals surface area (Å²) in [6.07, 6.45) is -6.73. The molecule has 0 aromatic carbocycles. The molecule has 0 saturated carbocycles. The number of allylic oxidation sites excluding steroid dienone is 4. The largest absolute Gasteiger partial charge is 0.416 e. The van der Waals surface area contributed by atoms with Crippen molar-refractivity contribution in [1.29, 1.82) is 0 Å². The molecular weight excluding hydrogens is 222 g/mol. The maximum Gasteiger partial charge on any atom is 0.416 e. The molecule has 1 aliphatic rings. The molecule has 0 aliphatic heterocycles. The van der Waals surface area contributed by atoms with Gasteiger partial charge < -0.3 is 0 Å². The van der Waals surface area contributed by atoms with E-state index in [9.17, 15) is 26.3 Å². The van der Waals surface area contributed by atoms with Crippen molar-refractivity contribution in [3.63, 3.8) is 0 Å². The SMILES string of the molecule is CC1=C(C(F)(F)F)C[C][C]=C1C(F)(F)F. The molecule has 0 aromatic rings. The highest BCUT2D eigenvalue weighted by Gasteiger charge is 2.43. The number of halogens is 6. The molecule has 3 radical (unpaired) electrons. The normalized spacial score (nSPS) is 19.3. The Labute approximate surface area is 82.3 Å². The lowest BCUT2D eigenvalue weighted by Gasteiger charge is -2.21. The fraction of sp³-hybridized carbons (Fsp3) is 0.444. The van der Waals surface area contributed by atoms with Gasteiger partial charge in [-0.25, -0.2) is 0 Å². The topological polar surface area (TPSA) is 0 Å². The van der Waals surface area contributed by atoms with Gasteiger partial charge in [0.25, 0.3) is 0 Å². The maximum absolute atomic E-state index is 12.2. The van der Waals surface area contributed by atoms with E-state index in [4.69, 9.17) is 0 Å². The Morgan fingerprint density at radius 1 is 1.00 bits per heavy atom.